The predicted octanol–water partition coefficient (Wildman–Crippen LogP) is 2.00. The summed E-state index contributed by atoms with van der Waals surface area (Å²) in [7, 11) is 0. The molecule has 0 spiro atoms. The first kappa shape index (κ1) is 15.0. The standard InChI is InChI=1S/C16H25N3O/c1-14(19-12-2-3-13-19)4-5-16(20)18-11-8-15-6-9-17-10-7-15/h6-7,9-10,14H,2-5,8,11-13H2,1H3,(H,18,20). The Morgan fingerprint density at radius 3 is 2.75 bits per heavy atom. The number of likely N-dealkylation sites (tertiary alicyclic amines) is 1. The minimum Gasteiger partial charge on any atom is -0.356 e. The Bertz CT molecular complexity index is 401. The van der Waals surface area contributed by atoms with Gasteiger partial charge in [0.15, 0.2) is 0 Å². The first-order chi connectivity index (χ1) is 9.75. The lowest BCUT2D eigenvalue weighted by Crippen LogP contribution is -2.32. The predicted molar refractivity (Wildman–Crippen MR) is 80.5 cm³/mol. The Balaban J connectivity index is 1.58. The fourth-order valence-electron chi connectivity index (χ4n) is 2.69. The van der Waals surface area contributed by atoms with Crippen LogP contribution in [-0.2, 0) is 11.2 Å². The van der Waals surface area contributed by atoms with Crippen LogP contribution in [0.1, 0.15) is 38.2 Å². The Kier molecular flexibility index (Phi) is 5.99. The van der Waals surface area contributed by atoms with Gasteiger partial charge in [-0.1, -0.05) is 0 Å². The molecule has 1 N–H and O–H groups in total. The maximum atomic E-state index is 11.8. The lowest BCUT2D eigenvalue weighted by Gasteiger charge is -2.23. The molecule has 1 aromatic rings. The van der Waals surface area contributed by atoms with Crippen molar-refractivity contribution in [2.45, 2.75) is 45.1 Å². The van der Waals surface area contributed by atoms with Crippen LogP contribution in [0.25, 0.3) is 0 Å². The molecule has 0 saturated carbocycles. The lowest BCUT2D eigenvalue weighted by molar-refractivity contribution is -0.121. The molecule has 0 aliphatic carbocycles. The molecule has 1 aromatic heterocycles. The SMILES string of the molecule is CC(CCC(=O)NCCc1ccncc1)N1CCCC1. The second-order valence-corrected chi connectivity index (χ2v) is 5.59. The number of pyridine rings is 1. The van der Waals surface area contributed by atoms with Gasteiger partial charge in [0, 0.05) is 31.4 Å². The van der Waals surface area contributed by atoms with Gasteiger partial charge in [0.05, 0.1) is 0 Å². The average Bonchev–Trinajstić information content (AvgIpc) is 3.00. The van der Waals surface area contributed by atoms with E-state index in [1.165, 1.54) is 31.5 Å². The average molecular weight is 275 g/mol. The van der Waals surface area contributed by atoms with Crippen molar-refractivity contribution in [2.75, 3.05) is 19.6 Å². The maximum absolute atomic E-state index is 11.8. The van der Waals surface area contributed by atoms with Crippen LogP contribution in [-0.4, -0.2) is 41.5 Å². The monoisotopic (exact) mass is 275 g/mol. The van der Waals surface area contributed by atoms with Crippen LogP contribution < -0.4 is 5.32 Å². The molecule has 4 heteroatoms. The van der Waals surface area contributed by atoms with Gasteiger partial charge in [-0.2, -0.15) is 0 Å². The molecule has 2 heterocycles. The zero-order valence-electron chi connectivity index (χ0n) is 12.3. The number of hydrogen-bond donors (Lipinski definition) is 1. The molecule has 1 unspecified atom stereocenters. The highest BCUT2D eigenvalue weighted by molar-refractivity contribution is 5.75. The van der Waals surface area contributed by atoms with Crippen LogP contribution in [0, 0.1) is 0 Å². The summed E-state index contributed by atoms with van der Waals surface area (Å²) in [6.07, 6.45) is 8.65. The molecule has 1 saturated heterocycles. The van der Waals surface area contributed by atoms with Crippen LogP contribution in [0.15, 0.2) is 24.5 Å². The lowest BCUT2D eigenvalue weighted by atomic mass is 10.1. The quantitative estimate of drug-likeness (QED) is 0.828. The summed E-state index contributed by atoms with van der Waals surface area (Å²) in [5.74, 6) is 0.171. The van der Waals surface area contributed by atoms with Crippen molar-refractivity contribution in [3.8, 4) is 0 Å². The van der Waals surface area contributed by atoms with E-state index < -0.39 is 0 Å². The molecule has 0 aromatic carbocycles. The third-order valence-electron chi connectivity index (χ3n) is 4.04. The largest absolute Gasteiger partial charge is 0.356 e. The van der Waals surface area contributed by atoms with Crippen molar-refractivity contribution in [3.05, 3.63) is 30.1 Å². The van der Waals surface area contributed by atoms with Gasteiger partial charge in [0.25, 0.3) is 0 Å². The molecule has 4 nitrogen and oxygen atoms in total. The van der Waals surface area contributed by atoms with Gasteiger partial charge in [-0.15, -0.1) is 0 Å². The summed E-state index contributed by atoms with van der Waals surface area (Å²) in [5, 5.41) is 3.00. The fraction of sp³-hybridized carbons (Fsp3) is 0.625. The summed E-state index contributed by atoms with van der Waals surface area (Å²) >= 11 is 0. The van der Waals surface area contributed by atoms with E-state index in [1.807, 2.05) is 12.1 Å². The number of carbonyl (C=O) groups excluding carboxylic acids is 1. The minimum atomic E-state index is 0.171. The summed E-state index contributed by atoms with van der Waals surface area (Å²) in [6.45, 7) is 5.34. The first-order valence-electron chi connectivity index (χ1n) is 7.65. The van der Waals surface area contributed by atoms with E-state index in [9.17, 15) is 4.79 Å². The van der Waals surface area contributed by atoms with Gasteiger partial charge < -0.3 is 10.2 Å². The molecule has 1 atom stereocenters. The van der Waals surface area contributed by atoms with E-state index >= 15 is 0 Å². The Labute approximate surface area is 121 Å². The summed E-state index contributed by atoms with van der Waals surface area (Å²) < 4.78 is 0. The van der Waals surface area contributed by atoms with Crippen LogP contribution in [0.3, 0.4) is 0 Å². The zero-order valence-corrected chi connectivity index (χ0v) is 12.3. The van der Waals surface area contributed by atoms with Gasteiger partial charge in [0.1, 0.15) is 0 Å². The van der Waals surface area contributed by atoms with E-state index in [-0.39, 0.29) is 5.91 Å². The minimum absolute atomic E-state index is 0.171. The van der Waals surface area contributed by atoms with Gasteiger partial charge >= 0.3 is 0 Å². The van der Waals surface area contributed by atoms with Crippen LogP contribution >= 0.6 is 0 Å². The zero-order chi connectivity index (χ0) is 14.2. The second-order valence-electron chi connectivity index (χ2n) is 5.59. The first-order valence-corrected chi connectivity index (χ1v) is 7.65. The third kappa shape index (κ3) is 4.93. The van der Waals surface area contributed by atoms with Crippen molar-refractivity contribution in [1.82, 2.24) is 15.2 Å². The number of rotatable bonds is 7. The molecule has 110 valence electrons. The molecular weight excluding hydrogens is 250 g/mol. The number of hydrogen-bond acceptors (Lipinski definition) is 3. The van der Waals surface area contributed by atoms with Crippen LogP contribution in [0.5, 0.6) is 0 Å². The van der Waals surface area contributed by atoms with Crippen molar-refractivity contribution >= 4 is 5.91 Å². The van der Waals surface area contributed by atoms with E-state index in [1.54, 1.807) is 12.4 Å². The maximum Gasteiger partial charge on any atom is 0.220 e. The number of nitrogens with one attached hydrogen (secondary N) is 1. The summed E-state index contributed by atoms with van der Waals surface area (Å²) in [5.41, 5.74) is 1.21. The normalized spacial score (nSPS) is 17.1. The molecule has 0 bridgehead atoms. The number of nitrogens with zero attached hydrogens (tertiary/aromatic N) is 2. The molecule has 1 fully saturated rings. The van der Waals surface area contributed by atoms with E-state index in [0.717, 1.165) is 12.8 Å². The molecule has 1 aliphatic heterocycles. The highest BCUT2D eigenvalue weighted by Gasteiger charge is 2.18. The molecular formula is C16H25N3O. The summed E-state index contributed by atoms with van der Waals surface area (Å²) in [6, 6.07) is 4.51. The second kappa shape index (κ2) is 8.00. The van der Waals surface area contributed by atoms with Crippen LogP contribution in [0.2, 0.25) is 0 Å². The third-order valence-corrected chi connectivity index (χ3v) is 4.04. The van der Waals surface area contributed by atoms with E-state index in [4.69, 9.17) is 0 Å². The topological polar surface area (TPSA) is 45.2 Å². The van der Waals surface area contributed by atoms with Crippen molar-refractivity contribution in [3.63, 3.8) is 0 Å². The number of amides is 1. The number of carbonyl (C=O) groups is 1. The molecule has 20 heavy (non-hydrogen) atoms. The highest BCUT2D eigenvalue weighted by atomic mass is 16.1. The molecule has 0 radical (unpaired) electrons. The summed E-state index contributed by atoms with van der Waals surface area (Å²) in [4.78, 5) is 18.3. The molecule has 1 aliphatic rings. The Hall–Kier alpha value is -1.42. The van der Waals surface area contributed by atoms with Crippen molar-refractivity contribution in [1.29, 1.82) is 0 Å². The van der Waals surface area contributed by atoms with Crippen molar-refractivity contribution in [2.24, 2.45) is 0 Å². The fourth-order valence-corrected chi connectivity index (χ4v) is 2.69. The van der Waals surface area contributed by atoms with Crippen molar-refractivity contribution < 1.29 is 4.79 Å². The van der Waals surface area contributed by atoms with Gasteiger partial charge in [-0.25, -0.2) is 0 Å². The highest BCUT2D eigenvalue weighted by Crippen LogP contribution is 2.14. The molecule has 2 rings (SSSR count). The van der Waals surface area contributed by atoms with Gasteiger partial charge in [0.2, 0.25) is 5.91 Å². The Morgan fingerprint density at radius 2 is 2.05 bits per heavy atom. The van der Waals surface area contributed by atoms with Gasteiger partial charge in [-0.3, -0.25) is 9.78 Å². The molecule has 1 amide bonds. The van der Waals surface area contributed by atoms with Crippen LogP contribution in [0.4, 0.5) is 0 Å². The van der Waals surface area contributed by atoms with Gasteiger partial charge in [-0.05, 0) is 63.4 Å². The number of aromatic nitrogens is 1. The van der Waals surface area contributed by atoms with E-state index in [2.05, 4.69) is 22.1 Å². The Morgan fingerprint density at radius 1 is 1.35 bits per heavy atom. The van der Waals surface area contributed by atoms with E-state index in [0.29, 0.717) is 19.0 Å². The smallest absolute Gasteiger partial charge is 0.220 e.